The highest BCUT2D eigenvalue weighted by Crippen LogP contribution is 1.93. The van der Waals surface area contributed by atoms with Crippen LogP contribution in [-0.2, 0) is 9.53 Å². The zero-order valence-corrected chi connectivity index (χ0v) is 6.20. The predicted octanol–water partition coefficient (Wildman–Crippen LogP) is 0.834. The molecule has 0 heterocycles. The number of esters is 1. The molecule has 0 saturated heterocycles. The van der Waals surface area contributed by atoms with E-state index >= 15 is 0 Å². The third-order valence-electron chi connectivity index (χ3n) is 0.904. The standard InChI is InChI=1S/C7H12O3/c1-3-5-7(9)10-6(8)4-2/h3,5-6,8H,4H2,1-2H3/b5-3+. The Bertz CT molecular complexity index is 129. The number of hydrogen-bond acceptors (Lipinski definition) is 3. The molecule has 0 fully saturated rings. The summed E-state index contributed by atoms with van der Waals surface area (Å²) < 4.78 is 4.47. The number of aliphatic hydroxyl groups is 1. The number of aliphatic hydroxyl groups excluding tert-OH is 1. The number of hydrogen-bond donors (Lipinski definition) is 1. The number of carbonyl (C=O) groups is 1. The first-order valence-corrected chi connectivity index (χ1v) is 3.22. The van der Waals surface area contributed by atoms with Gasteiger partial charge in [-0.15, -0.1) is 0 Å². The van der Waals surface area contributed by atoms with E-state index in [1.165, 1.54) is 6.08 Å². The molecule has 0 bridgehead atoms. The SMILES string of the molecule is C/C=C/C(=O)OC(O)CC. The molecule has 0 aromatic rings. The molecule has 3 heteroatoms. The van der Waals surface area contributed by atoms with Gasteiger partial charge in [-0.25, -0.2) is 4.79 Å². The Kier molecular flexibility index (Phi) is 4.58. The van der Waals surface area contributed by atoms with Crippen molar-refractivity contribution < 1.29 is 14.6 Å². The molecule has 0 rings (SSSR count). The second-order valence-electron chi connectivity index (χ2n) is 1.80. The van der Waals surface area contributed by atoms with Crippen molar-refractivity contribution in [2.45, 2.75) is 26.6 Å². The number of allylic oxidation sites excluding steroid dienone is 1. The van der Waals surface area contributed by atoms with Gasteiger partial charge in [-0.2, -0.15) is 0 Å². The summed E-state index contributed by atoms with van der Waals surface area (Å²) in [6.07, 6.45) is 2.27. The number of ether oxygens (including phenoxy) is 1. The monoisotopic (exact) mass is 144 g/mol. The fourth-order valence-electron chi connectivity index (χ4n) is 0.393. The number of rotatable bonds is 3. The molecule has 3 nitrogen and oxygen atoms in total. The maximum atomic E-state index is 10.5. The van der Waals surface area contributed by atoms with Gasteiger partial charge in [0.25, 0.3) is 0 Å². The van der Waals surface area contributed by atoms with Crippen LogP contribution in [0.25, 0.3) is 0 Å². The molecule has 0 aromatic carbocycles. The van der Waals surface area contributed by atoms with Crippen molar-refractivity contribution in [3.63, 3.8) is 0 Å². The Morgan fingerprint density at radius 2 is 2.40 bits per heavy atom. The summed E-state index contributed by atoms with van der Waals surface area (Å²) in [4.78, 5) is 10.5. The summed E-state index contributed by atoms with van der Waals surface area (Å²) in [6, 6.07) is 0. The van der Waals surface area contributed by atoms with Gasteiger partial charge in [0.1, 0.15) is 0 Å². The van der Waals surface area contributed by atoms with Crippen molar-refractivity contribution in [3.05, 3.63) is 12.2 Å². The summed E-state index contributed by atoms with van der Waals surface area (Å²) >= 11 is 0. The van der Waals surface area contributed by atoms with E-state index in [9.17, 15) is 4.79 Å². The van der Waals surface area contributed by atoms with E-state index < -0.39 is 12.3 Å². The van der Waals surface area contributed by atoms with E-state index in [1.807, 2.05) is 0 Å². The molecule has 1 N–H and O–H groups in total. The molecular weight excluding hydrogens is 132 g/mol. The molecule has 58 valence electrons. The molecule has 0 aromatic heterocycles. The maximum Gasteiger partial charge on any atom is 0.332 e. The molecule has 0 aliphatic carbocycles. The minimum Gasteiger partial charge on any atom is -0.433 e. The van der Waals surface area contributed by atoms with Crippen LogP contribution in [0, 0.1) is 0 Å². The first-order valence-electron chi connectivity index (χ1n) is 3.22. The van der Waals surface area contributed by atoms with Crippen molar-refractivity contribution in [1.82, 2.24) is 0 Å². The van der Waals surface area contributed by atoms with Crippen LogP contribution in [0.2, 0.25) is 0 Å². The average Bonchev–Trinajstić information content (AvgIpc) is 1.88. The van der Waals surface area contributed by atoms with Crippen molar-refractivity contribution in [2.75, 3.05) is 0 Å². The van der Waals surface area contributed by atoms with Gasteiger partial charge in [-0.1, -0.05) is 13.0 Å². The predicted molar refractivity (Wildman–Crippen MR) is 37.2 cm³/mol. The fraction of sp³-hybridized carbons (Fsp3) is 0.571. The Morgan fingerprint density at radius 1 is 1.80 bits per heavy atom. The molecule has 1 atom stereocenters. The molecular formula is C7H12O3. The molecule has 10 heavy (non-hydrogen) atoms. The second kappa shape index (κ2) is 4.99. The van der Waals surface area contributed by atoms with E-state index in [-0.39, 0.29) is 0 Å². The molecule has 0 radical (unpaired) electrons. The lowest BCUT2D eigenvalue weighted by molar-refractivity contribution is -0.161. The van der Waals surface area contributed by atoms with Crippen LogP contribution in [-0.4, -0.2) is 17.4 Å². The summed E-state index contributed by atoms with van der Waals surface area (Å²) in [5.74, 6) is -0.503. The third kappa shape index (κ3) is 4.09. The van der Waals surface area contributed by atoms with Crippen LogP contribution in [0.5, 0.6) is 0 Å². The number of carbonyl (C=O) groups excluding carboxylic acids is 1. The lowest BCUT2D eigenvalue weighted by Gasteiger charge is -2.06. The van der Waals surface area contributed by atoms with Gasteiger partial charge in [0.2, 0.25) is 6.29 Å². The van der Waals surface area contributed by atoms with Crippen molar-refractivity contribution in [1.29, 1.82) is 0 Å². The van der Waals surface area contributed by atoms with Gasteiger partial charge in [0.05, 0.1) is 0 Å². The first kappa shape index (κ1) is 9.17. The van der Waals surface area contributed by atoms with Gasteiger partial charge in [0, 0.05) is 12.5 Å². The van der Waals surface area contributed by atoms with E-state index in [0.717, 1.165) is 0 Å². The van der Waals surface area contributed by atoms with Crippen LogP contribution >= 0.6 is 0 Å². The quantitative estimate of drug-likeness (QED) is 0.362. The molecule has 0 aliphatic heterocycles. The Morgan fingerprint density at radius 3 is 2.80 bits per heavy atom. The Balaban J connectivity index is 3.57. The minimum absolute atomic E-state index is 0.420. The molecule has 0 spiro atoms. The van der Waals surface area contributed by atoms with Crippen LogP contribution in [0.3, 0.4) is 0 Å². The summed E-state index contributed by atoms with van der Waals surface area (Å²) in [5, 5.41) is 8.78. The van der Waals surface area contributed by atoms with Crippen molar-refractivity contribution in [2.24, 2.45) is 0 Å². The van der Waals surface area contributed by atoms with E-state index in [2.05, 4.69) is 4.74 Å². The van der Waals surface area contributed by atoms with Crippen LogP contribution in [0.4, 0.5) is 0 Å². The first-order chi connectivity index (χ1) is 4.70. The van der Waals surface area contributed by atoms with Gasteiger partial charge < -0.3 is 9.84 Å². The molecule has 0 amide bonds. The maximum absolute atomic E-state index is 10.5. The third-order valence-corrected chi connectivity index (χ3v) is 0.904. The van der Waals surface area contributed by atoms with Crippen LogP contribution in [0.15, 0.2) is 12.2 Å². The normalized spacial score (nSPS) is 13.5. The zero-order valence-electron chi connectivity index (χ0n) is 6.20. The Hall–Kier alpha value is -0.830. The molecule has 0 saturated carbocycles. The summed E-state index contributed by atoms with van der Waals surface area (Å²) in [6.45, 7) is 3.44. The average molecular weight is 144 g/mol. The van der Waals surface area contributed by atoms with E-state index in [0.29, 0.717) is 6.42 Å². The fourth-order valence-corrected chi connectivity index (χ4v) is 0.393. The summed E-state index contributed by atoms with van der Waals surface area (Å²) in [7, 11) is 0. The van der Waals surface area contributed by atoms with E-state index in [4.69, 9.17) is 5.11 Å². The van der Waals surface area contributed by atoms with Gasteiger partial charge in [-0.05, 0) is 6.92 Å². The zero-order chi connectivity index (χ0) is 7.98. The largest absolute Gasteiger partial charge is 0.433 e. The minimum atomic E-state index is -0.969. The smallest absolute Gasteiger partial charge is 0.332 e. The Labute approximate surface area is 60.3 Å². The highest BCUT2D eigenvalue weighted by atomic mass is 16.6. The lowest BCUT2D eigenvalue weighted by Crippen LogP contribution is -2.14. The van der Waals surface area contributed by atoms with Crippen LogP contribution < -0.4 is 0 Å². The van der Waals surface area contributed by atoms with E-state index in [1.54, 1.807) is 19.9 Å². The van der Waals surface area contributed by atoms with Gasteiger partial charge >= 0.3 is 5.97 Å². The van der Waals surface area contributed by atoms with Gasteiger partial charge in [0.15, 0.2) is 0 Å². The summed E-state index contributed by atoms with van der Waals surface area (Å²) in [5.41, 5.74) is 0. The highest BCUT2D eigenvalue weighted by molar-refractivity contribution is 5.81. The lowest BCUT2D eigenvalue weighted by atomic mass is 10.5. The van der Waals surface area contributed by atoms with Crippen molar-refractivity contribution in [3.8, 4) is 0 Å². The van der Waals surface area contributed by atoms with Crippen molar-refractivity contribution >= 4 is 5.97 Å². The highest BCUT2D eigenvalue weighted by Gasteiger charge is 2.03. The molecule has 1 unspecified atom stereocenters. The van der Waals surface area contributed by atoms with Crippen LogP contribution in [0.1, 0.15) is 20.3 Å². The topological polar surface area (TPSA) is 46.5 Å². The molecule has 0 aliphatic rings. The van der Waals surface area contributed by atoms with Gasteiger partial charge in [-0.3, -0.25) is 0 Å². The second-order valence-corrected chi connectivity index (χ2v) is 1.80.